The van der Waals surface area contributed by atoms with Crippen LogP contribution in [0.25, 0.3) is 0 Å². The number of rotatable bonds is 16. The maximum atomic E-state index is 5.65. The predicted molar refractivity (Wildman–Crippen MR) is 85.2 cm³/mol. The van der Waals surface area contributed by atoms with Gasteiger partial charge in [0.25, 0.3) is 11.9 Å². The predicted octanol–water partition coefficient (Wildman–Crippen LogP) is 0.671. The molecular formula is C13H28O8Si2. The van der Waals surface area contributed by atoms with E-state index < -0.39 is 11.9 Å². The quantitative estimate of drug-likeness (QED) is 0.224. The molecule has 0 N–H and O–H groups in total. The van der Waals surface area contributed by atoms with E-state index in [-0.39, 0.29) is 32.7 Å². The van der Waals surface area contributed by atoms with Crippen molar-refractivity contribution in [3.63, 3.8) is 0 Å². The zero-order valence-corrected chi connectivity index (χ0v) is 16.8. The molecule has 0 aromatic carbocycles. The first-order chi connectivity index (χ1) is 11.1. The summed E-state index contributed by atoms with van der Waals surface area (Å²) in [5.74, 6) is -2.27. The molecule has 8 nitrogen and oxygen atoms in total. The highest BCUT2D eigenvalue weighted by molar-refractivity contribution is 6.29. The Bertz CT molecular complexity index is 249. The summed E-state index contributed by atoms with van der Waals surface area (Å²) in [6.45, 7) is 0.415. The van der Waals surface area contributed by atoms with Crippen LogP contribution >= 0.6 is 0 Å². The zero-order valence-electron chi connectivity index (χ0n) is 14.8. The lowest BCUT2D eigenvalue weighted by atomic mass is 10.6. The van der Waals surface area contributed by atoms with Gasteiger partial charge in [0.2, 0.25) is 19.5 Å². The molecule has 0 heterocycles. The Kier molecular flexibility index (Phi) is 13.5. The minimum Gasteiger partial charge on any atom is -0.376 e. The topological polar surface area (TPSA) is 73.8 Å². The minimum absolute atomic E-state index is 0.207. The van der Waals surface area contributed by atoms with Crippen LogP contribution in [0.2, 0.25) is 12.1 Å². The van der Waals surface area contributed by atoms with Gasteiger partial charge >= 0.3 is 0 Å². The molecule has 0 fully saturated rings. The first-order valence-corrected chi connectivity index (χ1v) is 9.30. The van der Waals surface area contributed by atoms with Crippen LogP contribution in [0.3, 0.4) is 0 Å². The van der Waals surface area contributed by atoms with Crippen molar-refractivity contribution in [1.29, 1.82) is 0 Å². The molecule has 0 unspecified atom stereocenters. The smallest absolute Gasteiger partial charge is 0.297 e. The van der Waals surface area contributed by atoms with Crippen molar-refractivity contribution < 1.29 is 37.3 Å². The number of methoxy groups -OCH3 is 6. The van der Waals surface area contributed by atoms with Gasteiger partial charge in [-0.2, -0.15) is 0 Å². The molecule has 23 heavy (non-hydrogen) atoms. The standard InChI is InChI=1S/C13H28O8Si2/c1-14-10-12(16-3,17-4)20-22-8-7-9-23-21-13(18-5,19-6)11-15-2/h7-11H2,1-6H3. The summed E-state index contributed by atoms with van der Waals surface area (Å²) in [6.07, 6.45) is 0.934. The van der Waals surface area contributed by atoms with E-state index in [2.05, 4.69) is 0 Å². The molecule has 0 amide bonds. The van der Waals surface area contributed by atoms with Crippen molar-refractivity contribution in [3.05, 3.63) is 0 Å². The summed E-state index contributed by atoms with van der Waals surface area (Å²) in [5.41, 5.74) is 0. The lowest BCUT2D eigenvalue weighted by Crippen LogP contribution is -2.43. The van der Waals surface area contributed by atoms with Gasteiger partial charge < -0.3 is 37.3 Å². The Labute approximate surface area is 143 Å². The van der Waals surface area contributed by atoms with E-state index in [1.807, 2.05) is 0 Å². The Morgan fingerprint density at radius 1 is 0.609 bits per heavy atom. The van der Waals surface area contributed by atoms with Crippen LogP contribution in [-0.2, 0) is 37.3 Å². The van der Waals surface area contributed by atoms with Crippen LogP contribution in [0.1, 0.15) is 6.42 Å². The molecule has 0 aliphatic rings. The van der Waals surface area contributed by atoms with Gasteiger partial charge in [0.15, 0.2) is 0 Å². The van der Waals surface area contributed by atoms with E-state index in [0.29, 0.717) is 0 Å². The fourth-order valence-corrected chi connectivity index (χ4v) is 3.63. The van der Waals surface area contributed by atoms with Gasteiger partial charge in [-0.15, -0.1) is 0 Å². The SMILES string of the molecule is COCC(OC)(OC)O[Si]CCC[Si]OC(COC)(OC)OC. The Morgan fingerprint density at radius 2 is 0.957 bits per heavy atom. The maximum Gasteiger partial charge on any atom is 0.297 e. The first-order valence-electron chi connectivity index (χ1n) is 7.07. The van der Waals surface area contributed by atoms with Gasteiger partial charge in [0.1, 0.15) is 13.2 Å². The maximum absolute atomic E-state index is 5.65. The van der Waals surface area contributed by atoms with Gasteiger partial charge in [-0.1, -0.05) is 6.42 Å². The highest BCUT2D eigenvalue weighted by Crippen LogP contribution is 2.16. The fourth-order valence-electron chi connectivity index (χ4n) is 1.54. The zero-order chi connectivity index (χ0) is 17.6. The fraction of sp³-hybridized carbons (Fsp3) is 1.00. The van der Waals surface area contributed by atoms with E-state index in [0.717, 1.165) is 18.5 Å². The molecule has 0 spiro atoms. The van der Waals surface area contributed by atoms with Gasteiger partial charge in [-0.25, -0.2) is 0 Å². The molecule has 0 aromatic rings. The molecule has 0 saturated carbocycles. The Balaban J connectivity index is 3.92. The lowest BCUT2D eigenvalue weighted by Gasteiger charge is -2.30. The average molecular weight is 369 g/mol. The van der Waals surface area contributed by atoms with Gasteiger partial charge in [-0.3, -0.25) is 0 Å². The second-order valence-corrected chi connectivity index (χ2v) is 6.38. The summed E-state index contributed by atoms with van der Waals surface area (Å²) >= 11 is 0. The number of hydrogen-bond donors (Lipinski definition) is 0. The minimum atomic E-state index is -1.13. The van der Waals surface area contributed by atoms with E-state index in [4.69, 9.17) is 37.3 Å². The summed E-state index contributed by atoms with van der Waals surface area (Å²) in [4.78, 5) is 0. The largest absolute Gasteiger partial charge is 0.376 e. The van der Waals surface area contributed by atoms with E-state index >= 15 is 0 Å². The van der Waals surface area contributed by atoms with Crippen LogP contribution < -0.4 is 0 Å². The number of hydrogen-bond acceptors (Lipinski definition) is 8. The molecule has 4 radical (unpaired) electrons. The molecule has 0 atom stereocenters. The monoisotopic (exact) mass is 368 g/mol. The van der Waals surface area contributed by atoms with Gasteiger partial charge in [-0.05, 0) is 12.1 Å². The van der Waals surface area contributed by atoms with Crippen LogP contribution in [0.15, 0.2) is 0 Å². The molecular weight excluding hydrogens is 340 g/mol. The van der Waals surface area contributed by atoms with Gasteiger partial charge in [0, 0.05) is 42.7 Å². The highest BCUT2D eigenvalue weighted by Gasteiger charge is 2.32. The van der Waals surface area contributed by atoms with Crippen molar-refractivity contribution in [2.24, 2.45) is 0 Å². The van der Waals surface area contributed by atoms with E-state index in [1.54, 1.807) is 14.2 Å². The first kappa shape index (κ1) is 23.1. The third kappa shape index (κ3) is 8.67. The Morgan fingerprint density at radius 3 is 1.22 bits per heavy atom. The third-order valence-corrected chi connectivity index (χ3v) is 4.93. The third-order valence-electron chi connectivity index (χ3n) is 2.90. The van der Waals surface area contributed by atoms with Crippen LogP contribution in [0.5, 0.6) is 0 Å². The summed E-state index contributed by atoms with van der Waals surface area (Å²) < 4.78 is 42.3. The second-order valence-electron chi connectivity index (χ2n) is 4.39. The molecule has 0 bridgehead atoms. The van der Waals surface area contributed by atoms with Crippen molar-refractivity contribution >= 4 is 19.5 Å². The van der Waals surface area contributed by atoms with E-state index in [1.165, 1.54) is 28.4 Å². The van der Waals surface area contributed by atoms with Gasteiger partial charge in [0.05, 0.1) is 0 Å². The summed E-state index contributed by atoms with van der Waals surface area (Å²) in [6, 6.07) is 1.73. The Hall–Kier alpha value is 0.114. The van der Waals surface area contributed by atoms with Crippen LogP contribution in [0.4, 0.5) is 0 Å². The van der Waals surface area contributed by atoms with Crippen LogP contribution in [0, 0.1) is 0 Å². The van der Waals surface area contributed by atoms with Crippen molar-refractivity contribution in [1.82, 2.24) is 0 Å². The summed E-state index contributed by atoms with van der Waals surface area (Å²) in [5, 5.41) is 0. The molecule has 0 saturated heterocycles. The normalized spacial score (nSPS) is 12.8. The molecule has 136 valence electrons. The van der Waals surface area contributed by atoms with Crippen molar-refractivity contribution in [2.75, 3.05) is 55.9 Å². The van der Waals surface area contributed by atoms with E-state index in [9.17, 15) is 0 Å². The average Bonchev–Trinajstić information content (AvgIpc) is 2.59. The lowest BCUT2D eigenvalue weighted by molar-refractivity contribution is -0.339. The van der Waals surface area contributed by atoms with Crippen molar-refractivity contribution in [3.8, 4) is 0 Å². The number of ether oxygens (including phenoxy) is 6. The molecule has 0 aliphatic heterocycles. The van der Waals surface area contributed by atoms with Crippen molar-refractivity contribution in [2.45, 2.75) is 30.5 Å². The molecule has 0 aliphatic carbocycles. The van der Waals surface area contributed by atoms with Crippen LogP contribution in [-0.4, -0.2) is 87.3 Å². The molecule has 10 heteroatoms. The highest BCUT2D eigenvalue weighted by atomic mass is 28.2. The summed E-state index contributed by atoms with van der Waals surface area (Å²) in [7, 11) is 9.69. The second kappa shape index (κ2) is 13.4. The molecule has 0 aromatic heterocycles. The molecule has 0 rings (SSSR count).